The van der Waals surface area contributed by atoms with Gasteiger partial charge in [-0.05, 0) is 24.3 Å². The summed E-state index contributed by atoms with van der Waals surface area (Å²) in [7, 11) is 0. The normalized spacial score (nSPS) is 10.2. The van der Waals surface area contributed by atoms with E-state index in [0.717, 1.165) is 17.6 Å². The van der Waals surface area contributed by atoms with Crippen LogP contribution in [0.3, 0.4) is 0 Å². The molecule has 1 aromatic carbocycles. The molecule has 1 rings (SSSR count). The summed E-state index contributed by atoms with van der Waals surface area (Å²) >= 11 is 0. The molecule has 0 aromatic heterocycles. The Labute approximate surface area is 65.1 Å². The van der Waals surface area contributed by atoms with Crippen LogP contribution in [0.15, 0.2) is 29.3 Å². The molecule has 0 fully saturated rings. The van der Waals surface area contributed by atoms with Gasteiger partial charge >= 0.3 is 0 Å². The summed E-state index contributed by atoms with van der Waals surface area (Å²) in [6, 6.07) is 7.15. The van der Waals surface area contributed by atoms with Gasteiger partial charge in [0.25, 0.3) is 0 Å². The third-order valence-corrected chi connectivity index (χ3v) is 1.19. The number of hydrogen-bond acceptors (Lipinski definition) is 3. The highest BCUT2D eigenvalue weighted by molar-refractivity contribution is 6.15. The molecule has 0 aliphatic heterocycles. The quantitative estimate of drug-likeness (QED) is 0.484. The zero-order valence-electron chi connectivity index (χ0n) is 5.99. The Hall–Kier alpha value is -1.64. The van der Waals surface area contributed by atoms with Crippen LogP contribution < -0.4 is 5.73 Å². The predicted molar refractivity (Wildman–Crippen MR) is 47.8 cm³/mol. The Balaban J connectivity index is 2.81. The molecule has 0 saturated heterocycles. The van der Waals surface area contributed by atoms with Gasteiger partial charge in [-0.2, -0.15) is 0 Å². The van der Waals surface area contributed by atoms with Gasteiger partial charge in [0, 0.05) is 18.1 Å². The fourth-order valence-electron chi connectivity index (χ4n) is 0.684. The van der Waals surface area contributed by atoms with Gasteiger partial charge in [-0.1, -0.05) is 0 Å². The van der Waals surface area contributed by atoms with Gasteiger partial charge in [0.1, 0.15) is 0 Å². The highest BCUT2D eigenvalue weighted by Crippen LogP contribution is 2.12. The first-order chi connectivity index (χ1) is 5.33. The van der Waals surface area contributed by atoms with E-state index in [1.807, 2.05) is 0 Å². The molecule has 0 saturated carbocycles. The lowest BCUT2D eigenvalue weighted by molar-refractivity contribution is 1.53. The van der Waals surface area contributed by atoms with Crippen LogP contribution >= 0.6 is 0 Å². The molecule has 0 unspecified atom stereocenters. The van der Waals surface area contributed by atoms with Crippen molar-refractivity contribution in [2.24, 2.45) is 4.99 Å². The maximum absolute atomic E-state index is 6.70. The number of hydrogen-bond donors (Lipinski definition) is 2. The number of nitrogens with one attached hydrogen (secondary N) is 1. The SMILES string of the molecule is N=CC=Nc1ccc(N)cc1. The molecule has 3 N–H and O–H groups in total. The maximum atomic E-state index is 6.70. The van der Waals surface area contributed by atoms with Gasteiger partial charge in [-0.15, -0.1) is 0 Å². The van der Waals surface area contributed by atoms with Crippen molar-refractivity contribution >= 4 is 23.8 Å². The fraction of sp³-hybridized carbons (Fsp3) is 0. The molecular formula is C8H9N3. The van der Waals surface area contributed by atoms with E-state index in [1.54, 1.807) is 24.3 Å². The summed E-state index contributed by atoms with van der Waals surface area (Å²) in [5, 5.41) is 6.70. The monoisotopic (exact) mass is 147 g/mol. The third kappa shape index (κ3) is 2.21. The fourth-order valence-corrected chi connectivity index (χ4v) is 0.684. The smallest absolute Gasteiger partial charge is 0.0631 e. The summed E-state index contributed by atoms with van der Waals surface area (Å²) in [5.74, 6) is 0. The van der Waals surface area contributed by atoms with Crippen molar-refractivity contribution in [3.05, 3.63) is 24.3 Å². The van der Waals surface area contributed by atoms with E-state index in [-0.39, 0.29) is 0 Å². The lowest BCUT2D eigenvalue weighted by atomic mass is 10.3. The zero-order valence-corrected chi connectivity index (χ0v) is 5.99. The molecule has 3 heteroatoms. The van der Waals surface area contributed by atoms with Crippen LogP contribution in [0.2, 0.25) is 0 Å². The minimum absolute atomic E-state index is 0.721. The number of nitrogens with two attached hydrogens (primary N) is 1. The minimum atomic E-state index is 0.721. The zero-order chi connectivity index (χ0) is 8.10. The highest BCUT2D eigenvalue weighted by atomic mass is 14.7. The van der Waals surface area contributed by atoms with Gasteiger partial charge in [-0.25, -0.2) is 0 Å². The first kappa shape index (κ1) is 7.47. The van der Waals surface area contributed by atoms with E-state index in [4.69, 9.17) is 11.1 Å². The maximum Gasteiger partial charge on any atom is 0.0631 e. The van der Waals surface area contributed by atoms with Crippen molar-refractivity contribution in [3.63, 3.8) is 0 Å². The largest absolute Gasteiger partial charge is 0.399 e. The van der Waals surface area contributed by atoms with Crippen LogP contribution in [0.1, 0.15) is 0 Å². The van der Waals surface area contributed by atoms with Crippen molar-refractivity contribution in [3.8, 4) is 0 Å². The van der Waals surface area contributed by atoms with Crippen molar-refractivity contribution < 1.29 is 0 Å². The number of benzene rings is 1. The molecule has 11 heavy (non-hydrogen) atoms. The van der Waals surface area contributed by atoms with E-state index >= 15 is 0 Å². The lowest BCUT2D eigenvalue weighted by Gasteiger charge is -1.92. The topological polar surface area (TPSA) is 62.2 Å². The minimum Gasteiger partial charge on any atom is -0.399 e. The first-order valence-electron chi connectivity index (χ1n) is 3.21. The van der Waals surface area contributed by atoms with E-state index in [2.05, 4.69) is 4.99 Å². The Morgan fingerprint density at radius 3 is 2.45 bits per heavy atom. The van der Waals surface area contributed by atoms with Gasteiger partial charge in [0.15, 0.2) is 0 Å². The van der Waals surface area contributed by atoms with Gasteiger partial charge in [-0.3, -0.25) is 4.99 Å². The van der Waals surface area contributed by atoms with Gasteiger partial charge < -0.3 is 11.1 Å². The average molecular weight is 147 g/mol. The Morgan fingerprint density at radius 2 is 1.91 bits per heavy atom. The molecule has 56 valence electrons. The number of nitrogens with zero attached hydrogens (tertiary/aromatic N) is 1. The molecule has 1 aromatic rings. The first-order valence-corrected chi connectivity index (χ1v) is 3.21. The second kappa shape index (κ2) is 3.51. The van der Waals surface area contributed by atoms with Crippen molar-refractivity contribution in [2.75, 3.05) is 5.73 Å². The van der Waals surface area contributed by atoms with E-state index < -0.39 is 0 Å². The van der Waals surface area contributed by atoms with Crippen LogP contribution in [-0.2, 0) is 0 Å². The Kier molecular flexibility index (Phi) is 2.38. The Bertz CT molecular complexity index is 261. The van der Waals surface area contributed by atoms with Crippen LogP contribution in [0.25, 0.3) is 0 Å². The standard InChI is InChI=1S/C8H9N3/c9-5-6-11-8-3-1-7(10)2-4-8/h1-6,9H,10H2. The molecule has 0 amide bonds. The molecule has 0 heterocycles. The molecule has 0 atom stereocenters. The number of anilines is 1. The number of nitrogen functional groups attached to an aromatic ring is 1. The number of aliphatic imine (C=N–C) groups is 1. The second-order valence-corrected chi connectivity index (χ2v) is 2.04. The highest BCUT2D eigenvalue weighted by Gasteiger charge is 1.85. The molecule has 0 aliphatic carbocycles. The summed E-state index contributed by atoms with van der Waals surface area (Å²) in [6.45, 7) is 0. The van der Waals surface area contributed by atoms with E-state index in [9.17, 15) is 0 Å². The molecule has 0 radical (unpaired) electrons. The van der Waals surface area contributed by atoms with Gasteiger partial charge in [0.05, 0.1) is 5.69 Å². The molecule has 0 bridgehead atoms. The van der Waals surface area contributed by atoms with Crippen LogP contribution in [-0.4, -0.2) is 12.4 Å². The van der Waals surface area contributed by atoms with Gasteiger partial charge in [0.2, 0.25) is 0 Å². The summed E-state index contributed by atoms with van der Waals surface area (Å²) < 4.78 is 0. The summed E-state index contributed by atoms with van der Waals surface area (Å²) in [6.07, 6.45) is 2.56. The summed E-state index contributed by atoms with van der Waals surface area (Å²) in [4.78, 5) is 3.94. The van der Waals surface area contributed by atoms with E-state index in [0.29, 0.717) is 0 Å². The molecule has 0 spiro atoms. The predicted octanol–water partition coefficient (Wildman–Crippen LogP) is 1.62. The van der Waals surface area contributed by atoms with Crippen molar-refractivity contribution in [1.82, 2.24) is 0 Å². The number of rotatable bonds is 2. The third-order valence-electron chi connectivity index (χ3n) is 1.19. The van der Waals surface area contributed by atoms with E-state index in [1.165, 1.54) is 6.21 Å². The molecule has 3 nitrogen and oxygen atoms in total. The average Bonchev–Trinajstić information content (AvgIpc) is 2.04. The van der Waals surface area contributed by atoms with Crippen LogP contribution in [0.4, 0.5) is 11.4 Å². The molecule has 0 aliphatic rings. The van der Waals surface area contributed by atoms with Crippen molar-refractivity contribution in [1.29, 1.82) is 5.41 Å². The molecular weight excluding hydrogens is 138 g/mol. The van der Waals surface area contributed by atoms with Crippen LogP contribution in [0, 0.1) is 5.41 Å². The van der Waals surface area contributed by atoms with Crippen LogP contribution in [0.5, 0.6) is 0 Å². The van der Waals surface area contributed by atoms with Crippen molar-refractivity contribution in [2.45, 2.75) is 0 Å². The Morgan fingerprint density at radius 1 is 1.27 bits per heavy atom. The second-order valence-electron chi connectivity index (χ2n) is 2.04. The lowest BCUT2D eigenvalue weighted by Crippen LogP contribution is -1.81. The summed E-state index contributed by atoms with van der Waals surface area (Å²) in [5.41, 5.74) is 6.99.